The molecule has 0 atom stereocenters. The molecule has 0 fully saturated rings. The highest BCUT2D eigenvalue weighted by atomic mass is 79.9. The second kappa shape index (κ2) is 6.40. The van der Waals surface area contributed by atoms with Gasteiger partial charge in [-0.2, -0.15) is 5.10 Å². The lowest BCUT2D eigenvalue weighted by atomic mass is 10.1. The number of anilines is 1. The standard InChI is InChI=1S/C13H12Br2N4O2/c1-6-3-7(14)4-8(12(20)16-2)11(6)17-13(21)9-5-10(15)19-18-9/h3-5H,1-2H3,(H,16,20)(H,17,21)(H,18,19). The maximum atomic E-state index is 12.2. The predicted molar refractivity (Wildman–Crippen MR) is 86.5 cm³/mol. The van der Waals surface area contributed by atoms with Gasteiger partial charge in [0.25, 0.3) is 11.8 Å². The Bertz CT molecular complexity index is 712. The van der Waals surface area contributed by atoms with Crippen LogP contribution >= 0.6 is 31.9 Å². The van der Waals surface area contributed by atoms with Gasteiger partial charge in [0.15, 0.2) is 5.69 Å². The van der Waals surface area contributed by atoms with Crippen molar-refractivity contribution in [2.45, 2.75) is 6.92 Å². The minimum absolute atomic E-state index is 0.229. The van der Waals surface area contributed by atoms with Crippen molar-refractivity contribution < 1.29 is 9.59 Å². The van der Waals surface area contributed by atoms with Gasteiger partial charge in [-0.3, -0.25) is 14.7 Å². The molecule has 0 aliphatic heterocycles. The van der Waals surface area contributed by atoms with Gasteiger partial charge in [0.05, 0.1) is 11.3 Å². The van der Waals surface area contributed by atoms with Crippen molar-refractivity contribution in [3.63, 3.8) is 0 Å². The molecule has 0 radical (unpaired) electrons. The van der Waals surface area contributed by atoms with Crippen molar-refractivity contribution in [3.8, 4) is 0 Å². The molecule has 1 aromatic heterocycles. The summed E-state index contributed by atoms with van der Waals surface area (Å²) >= 11 is 6.53. The Morgan fingerprint density at radius 2 is 1.90 bits per heavy atom. The highest BCUT2D eigenvalue weighted by Gasteiger charge is 2.18. The topological polar surface area (TPSA) is 86.9 Å². The minimum atomic E-state index is -0.396. The van der Waals surface area contributed by atoms with Gasteiger partial charge < -0.3 is 10.6 Å². The van der Waals surface area contributed by atoms with E-state index in [1.54, 1.807) is 12.1 Å². The molecule has 0 aliphatic rings. The Labute approximate surface area is 138 Å². The smallest absolute Gasteiger partial charge is 0.276 e. The van der Waals surface area contributed by atoms with Crippen molar-refractivity contribution in [1.29, 1.82) is 0 Å². The molecule has 2 rings (SSSR count). The van der Waals surface area contributed by atoms with Crippen molar-refractivity contribution in [2.24, 2.45) is 0 Å². The fourth-order valence-corrected chi connectivity index (χ4v) is 2.69. The zero-order valence-corrected chi connectivity index (χ0v) is 14.4. The molecule has 3 N–H and O–H groups in total. The summed E-state index contributed by atoms with van der Waals surface area (Å²) < 4.78 is 1.37. The Kier molecular flexibility index (Phi) is 4.79. The number of aryl methyl sites for hydroxylation is 1. The van der Waals surface area contributed by atoms with Crippen molar-refractivity contribution in [1.82, 2.24) is 15.5 Å². The molecule has 110 valence electrons. The van der Waals surface area contributed by atoms with Gasteiger partial charge in [-0.05, 0) is 40.5 Å². The second-order valence-electron chi connectivity index (χ2n) is 4.28. The number of nitrogens with one attached hydrogen (secondary N) is 3. The van der Waals surface area contributed by atoms with Gasteiger partial charge in [0.1, 0.15) is 4.60 Å². The number of amides is 2. The molecule has 0 bridgehead atoms. The van der Waals surface area contributed by atoms with E-state index < -0.39 is 5.91 Å². The van der Waals surface area contributed by atoms with Gasteiger partial charge in [-0.1, -0.05) is 15.9 Å². The summed E-state index contributed by atoms with van der Waals surface area (Å²) in [6, 6.07) is 5.04. The van der Waals surface area contributed by atoms with E-state index in [0.717, 1.165) is 10.0 Å². The number of aromatic amines is 1. The van der Waals surface area contributed by atoms with Crippen LogP contribution in [0.4, 0.5) is 5.69 Å². The van der Waals surface area contributed by atoms with Crippen LogP contribution in [-0.2, 0) is 0 Å². The molecule has 0 unspecified atom stereocenters. The van der Waals surface area contributed by atoms with Crippen LogP contribution in [0.1, 0.15) is 26.4 Å². The third-order valence-corrected chi connectivity index (χ3v) is 3.65. The molecule has 0 saturated carbocycles. The molecular weight excluding hydrogens is 404 g/mol. The molecule has 0 aliphatic carbocycles. The number of nitrogens with zero attached hydrogens (tertiary/aromatic N) is 1. The first-order valence-corrected chi connectivity index (χ1v) is 7.55. The summed E-state index contributed by atoms with van der Waals surface area (Å²) in [5.41, 5.74) is 1.84. The SMILES string of the molecule is CNC(=O)c1cc(Br)cc(C)c1NC(=O)c1cc(Br)[nH]n1. The maximum Gasteiger partial charge on any atom is 0.276 e. The number of halogens is 2. The first-order chi connectivity index (χ1) is 9.92. The predicted octanol–water partition coefficient (Wildman–Crippen LogP) is 2.86. The Balaban J connectivity index is 2.39. The Morgan fingerprint density at radius 3 is 2.48 bits per heavy atom. The number of benzene rings is 1. The molecule has 21 heavy (non-hydrogen) atoms. The number of rotatable bonds is 3. The van der Waals surface area contributed by atoms with E-state index in [2.05, 4.69) is 52.7 Å². The highest BCUT2D eigenvalue weighted by Crippen LogP contribution is 2.26. The van der Waals surface area contributed by atoms with E-state index in [0.29, 0.717) is 15.9 Å². The fourth-order valence-electron chi connectivity index (χ4n) is 1.81. The van der Waals surface area contributed by atoms with Crippen LogP contribution in [-0.4, -0.2) is 29.1 Å². The van der Waals surface area contributed by atoms with E-state index in [-0.39, 0.29) is 11.6 Å². The molecular formula is C13H12Br2N4O2. The summed E-state index contributed by atoms with van der Waals surface area (Å²) in [7, 11) is 1.54. The molecule has 2 amide bonds. The van der Waals surface area contributed by atoms with Gasteiger partial charge in [0, 0.05) is 17.6 Å². The molecule has 0 spiro atoms. The highest BCUT2D eigenvalue weighted by molar-refractivity contribution is 9.10. The van der Waals surface area contributed by atoms with Gasteiger partial charge in [-0.15, -0.1) is 0 Å². The van der Waals surface area contributed by atoms with Crippen LogP contribution < -0.4 is 10.6 Å². The van der Waals surface area contributed by atoms with Crippen molar-refractivity contribution >= 4 is 49.4 Å². The molecule has 6 nitrogen and oxygen atoms in total. The summed E-state index contributed by atoms with van der Waals surface area (Å²) in [5.74, 6) is -0.676. The molecule has 0 saturated heterocycles. The van der Waals surface area contributed by atoms with Crippen LogP contribution in [0.3, 0.4) is 0 Å². The lowest BCUT2D eigenvalue weighted by molar-refractivity contribution is 0.0964. The minimum Gasteiger partial charge on any atom is -0.355 e. The van der Waals surface area contributed by atoms with E-state index >= 15 is 0 Å². The monoisotopic (exact) mass is 414 g/mol. The van der Waals surface area contributed by atoms with E-state index in [1.807, 2.05) is 13.0 Å². The quantitative estimate of drug-likeness (QED) is 0.720. The molecule has 1 heterocycles. The maximum absolute atomic E-state index is 12.2. The lowest BCUT2D eigenvalue weighted by Crippen LogP contribution is -2.22. The van der Waals surface area contributed by atoms with E-state index in [1.165, 1.54) is 7.05 Å². The number of carbonyl (C=O) groups excluding carboxylic acids is 2. The van der Waals surface area contributed by atoms with Crippen molar-refractivity contribution in [3.05, 3.63) is 44.1 Å². The zero-order valence-electron chi connectivity index (χ0n) is 11.3. The van der Waals surface area contributed by atoms with E-state index in [4.69, 9.17) is 0 Å². The summed E-state index contributed by atoms with van der Waals surface area (Å²) in [6.07, 6.45) is 0. The fraction of sp³-hybridized carbons (Fsp3) is 0.154. The lowest BCUT2D eigenvalue weighted by Gasteiger charge is -2.13. The zero-order chi connectivity index (χ0) is 15.6. The third kappa shape index (κ3) is 3.51. The molecule has 1 aromatic carbocycles. The Hall–Kier alpha value is -1.67. The molecule has 8 heteroatoms. The average Bonchev–Trinajstić information content (AvgIpc) is 2.87. The third-order valence-electron chi connectivity index (χ3n) is 2.79. The van der Waals surface area contributed by atoms with Crippen molar-refractivity contribution in [2.75, 3.05) is 12.4 Å². The van der Waals surface area contributed by atoms with Gasteiger partial charge in [-0.25, -0.2) is 0 Å². The van der Waals surface area contributed by atoms with Crippen LogP contribution in [0.5, 0.6) is 0 Å². The number of carbonyl (C=O) groups is 2. The van der Waals surface area contributed by atoms with Crippen LogP contribution in [0, 0.1) is 6.92 Å². The largest absolute Gasteiger partial charge is 0.355 e. The van der Waals surface area contributed by atoms with Crippen LogP contribution in [0.15, 0.2) is 27.3 Å². The first-order valence-electron chi connectivity index (χ1n) is 5.97. The summed E-state index contributed by atoms with van der Waals surface area (Å²) in [4.78, 5) is 24.1. The van der Waals surface area contributed by atoms with E-state index in [9.17, 15) is 9.59 Å². The summed E-state index contributed by atoms with van der Waals surface area (Å²) in [6.45, 7) is 1.81. The number of hydrogen-bond donors (Lipinski definition) is 3. The van der Waals surface area contributed by atoms with Crippen LogP contribution in [0.2, 0.25) is 0 Å². The van der Waals surface area contributed by atoms with Crippen LogP contribution in [0.25, 0.3) is 0 Å². The molecule has 2 aromatic rings. The number of hydrogen-bond acceptors (Lipinski definition) is 3. The van der Waals surface area contributed by atoms with Gasteiger partial charge >= 0.3 is 0 Å². The van der Waals surface area contributed by atoms with Gasteiger partial charge in [0.2, 0.25) is 0 Å². The first kappa shape index (κ1) is 15.7. The average molecular weight is 416 g/mol. The number of H-pyrrole nitrogens is 1. The Morgan fingerprint density at radius 1 is 1.19 bits per heavy atom. The summed E-state index contributed by atoms with van der Waals surface area (Å²) in [5, 5.41) is 11.8. The second-order valence-corrected chi connectivity index (χ2v) is 6.05. The number of aromatic nitrogens is 2. The normalized spacial score (nSPS) is 10.3.